The Labute approximate surface area is 90.8 Å². The van der Waals surface area contributed by atoms with Crippen molar-refractivity contribution in [2.45, 2.75) is 19.9 Å². The molecule has 2 heterocycles. The van der Waals surface area contributed by atoms with Gasteiger partial charge in [-0.3, -0.25) is 14.5 Å². The second-order valence-electron chi connectivity index (χ2n) is 3.52. The number of carboxylic acid groups (broad SMARTS) is 1. The molecule has 0 aliphatic carbocycles. The summed E-state index contributed by atoms with van der Waals surface area (Å²) in [5, 5.41) is 20.2. The van der Waals surface area contributed by atoms with Gasteiger partial charge in [-0.1, -0.05) is 5.10 Å². The first kappa shape index (κ1) is 10.5. The molecule has 86 valence electrons. The maximum atomic E-state index is 11.5. The fourth-order valence-electron chi connectivity index (χ4n) is 1.54. The van der Waals surface area contributed by atoms with Crippen LogP contribution in [-0.2, 0) is 16.1 Å². The third kappa shape index (κ3) is 1.73. The summed E-state index contributed by atoms with van der Waals surface area (Å²) in [6.07, 6.45) is -0.00397. The summed E-state index contributed by atoms with van der Waals surface area (Å²) in [4.78, 5) is 24.9. The van der Waals surface area contributed by atoms with Crippen molar-refractivity contribution >= 4 is 17.8 Å². The molecule has 0 saturated carbocycles. The number of carbonyl (C=O) groups is 2. The van der Waals surface area contributed by atoms with Crippen molar-refractivity contribution in [3.05, 3.63) is 0 Å². The summed E-state index contributed by atoms with van der Waals surface area (Å²) >= 11 is 0. The maximum Gasteiger partial charge on any atom is 0.308 e. The van der Waals surface area contributed by atoms with Gasteiger partial charge in [-0.25, -0.2) is 0 Å². The van der Waals surface area contributed by atoms with Crippen LogP contribution in [0.2, 0.25) is 0 Å². The molecule has 1 aliphatic heterocycles. The van der Waals surface area contributed by atoms with E-state index < -0.39 is 11.9 Å². The molecule has 2 rings (SSSR count). The van der Waals surface area contributed by atoms with Crippen molar-refractivity contribution < 1.29 is 14.7 Å². The van der Waals surface area contributed by atoms with E-state index in [9.17, 15) is 9.59 Å². The van der Waals surface area contributed by atoms with Gasteiger partial charge in [0.05, 0.1) is 12.5 Å². The fraction of sp³-hybridized carbons (Fsp3) is 0.625. The first-order chi connectivity index (χ1) is 7.61. The van der Waals surface area contributed by atoms with Crippen LogP contribution in [0.3, 0.4) is 0 Å². The van der Waals surface area contributed by atoms with Crippen LogP contribution in [0.1, 0.15) is 13.3 Å². The lowest BCUT2D eigenvalue weighted by Crippen LogP contribution is -2.27. The average Bonchev–Trinajstić information content (AvgIpc) is 2.83. The quantitative estimate of drug-likeness (QED) is 0.717. The second kappa shape index (κ2) is 3.87. The summed E-state index contributed by atoms with van der Waals surface area (Å²) in [5.74, 6) is -1.75. The zero-order chi connectivity index (χ0) is 11.7. The van der Waals surface area contributed by atoms with Crippen LogP contribution in [0.25, 0.3) is 0 Å². The molecule has 0 unspecified atom stereocenters. The van der Waals surface area contributed by atoms with Gasteiger partial charge in [0.1, 0.15) is 0 Å². The van der Waals surface area contributed by atoms with Crippen molar-refractivity contribution in [1.82, 2.24) is 20.2 Å². The molecule has 0 bridgehead atoms. The number of amides is 1. The first-order valence-corrected chi connectivity index (χ1v) is 4.92. The first-order valence-electron chi connectivity index (χ1n) is 4.92. The van der Waals surface area contributed by atoms with E-state index >= 15 is 0 Å². The number of rotatable bonds is 3. The van der Waals surface area contributed by atoms with E-state index in [4.69, 9.17) is 5.11 Å². The Balaban J connectivity index is 2.16. The number of hydrogen-bond donors (Lipinski definition) is 1. The number of carbonyl (C=O) groups excluding carboxylic acids is 1. The van der Waals surface area contributed by atoms with Crippen LogP contribution in [0.4, 0.5) is 5.95 Å². The molecule has 1 amide bonds. The summed E-state index contributed by atoms with van der Waals surface area (Å²) in [7, 11) is 0. The molecule has 1 aromatic heterocycles. The number of hydrogen-bond acceptors (Lipinski definition) is 5. The highest BCUT2D eigenvalue weighted by Crippen LogP contribution is 2.21. The van der Waals surface area contributed by atoms with Gasteiger partial charge in [0.25, 0.3) is 5.95 Å². The van der Waals surface area contributed by atoms with Crippen LogP contribution >= 0.6 is 0 Å². The van der Waals surface area contributed by atoms with E-state index in [1.165, 1.54) is 9.70 Å². The Bertz CT molecular complexity index is 429. The zero-order valence-corrected chi connectivity index (χ0v) is 8.70. The van der Waals surface area contributed by atoms with Crippen molar-refractivity contribution in [2.75, 3.05) is 11.4 Å². The van der Waals surface area contributed by atoms with Crippen LogP contribution < -0.4 is 4.90 Å². The number of tetrazole rings is 1. The van der Waals surface area contributed by atoms with E-state index in [1.807, 2.05) is 6.92 Å². The maximum absolute atomic E-state index is 11.5. The third-order valence-electron chi connectivity index (χ3n) is 2.44. The highest BCUT2D eigenvalue weighted by molar-refractivity contribution is 5.97. The number of anilines is 1. The molecule has 1 saturated heterocycles. The van der Waals surface area contributed by atoms with Gasteiger partial charge >= 0.3 is 5.97 Å². The Hall–Kier alpha value is -1.99. The molecule has 0 spiro atoms. The highest BCUT2D eigenvalue weighted by Gasteiger charge is 2.37. The van der Waals surface area contributed by atoms with Crippen LogP contribution in [0, 0.1) is 5.92 Å². The number of aromatic nitrogens is 4. The lowest BCUT2D eigenvalue weighted by molar-refractivity contribution is -0.141. The standard InChI is InChI=1S/C8H11N5O3/c1-2-13-10-8(9-11-13)12-4-5(7(15)16)3-6(12)14/h5H,2-4H2,1H3,(H,15,16)/t5-/m0/s1. The molecule has 1 aromatic rings. The van der Waals surface area contributed by atoms with Crippen molar-refractivity contribution in [2.24, 2.45) is 5.92 Å². The van der Waals surface area contributed by atoms with Gasteiger partial charge in [-0.15, -0.1) is 5.10 Å². The summed E-state index contributed by atoms with van der Waals surface area (Å²) in [6.45, 7) is 2.51. The van der Waals surface area contributed by atoms with Crippen LogP contribution in [0.5, 0.6) is 0 Å². The van der Waals surface area contributed by atoms with Gasteiger partial charge in [-0.05, 0) is 12.1 Å². The number of aliphatic carboxylic acids is 1. The van der Waals surface area contributed by atoms with Crippen molar-refractivity contribution in [3.63, 3.8) is 0 Å². The van der Waals surface area contributed by atoms with Gasteiger partial charge in [0.2, 0.25) is 5.91 Å². The van der Waals surface area contributed by atoms with Gasteiger partial charge < -0.3 is 5.11 Å². The summed E-state index contributed by atoms with van der Waals surface area (Å²) in [6, 6.07) is 0. The normalized spacial score (nSPS) is 20.4. The molecular weight excluding hydrogens is 214 g/mol. The molecule has 0 aromatic carbocycles. The van der Waals surface area contributed by atoms with Gasteiger partial charge in [0, 0.05) is 13.0 Å². The highest BCUT2D eigenvalue weighted by atomic mass is 16.4. The Morgan fingerprint density at radius 1 is 1.62 bits per heavy atom. The molecule has 1 fully saturated rings. The predicted octanol–water partition coefficient (Wildman–Crippen LogP) is -0.869. The molecule has 1 atom stereocenters. The molecule has 16 heavy (non-hydrogen) atoms. The van der Waals surface area contributed by atoms with Crippen molar-refractivity contribution in [1.29, 1.82) is 0 Å². The molecule has 8 heteroatoms. The average molecular weight is 225 g/mol. The van der Waals surface area contributed by atoms with E-state index in [1.54, 1.807) is 0 Å². The lowest BCUT2D eigenvalue weighted by Gasteiger charge is -2.09. The third-order valence-corrected chi connectivity index (χ3v) is 2.44. The Morgan fingerprint density at radius 2 is 2.38 bits per heavy atom. The van der Waals surface area contributed by atoms with Gasteiger partial charge in [-0.2, -0.15) is 4.80 Å². The monoisotopic (exact) mass is 225 g/mol. The number of carboxylic acids is 1. The smallest absolute Gasteiger partial charge is 0.308 e. The Kier molecular flexibility index (Phi) is 2.55. The lowest BCUT2D eigenvalue weighted by atomic mass is 10.1. The zero-order valence-electron chi connectivity index (χ0n) is 8.70. The van der Waals surface area contributed by atoms with E-state index in [0.29, 0.717) is 6.54 Å². The van der Waals surface area contributed by atoms with Crippen LogP contribution in [0.15, 0.2) is 0 Å². The molecule has 1 aliphatic rings. The molecule has 8 nitrogen and oxygen atoms in total. The Morgan fingerprint density at radius 3 is 2.88 bits per heavy atom. The minimum Gasteiger partial charge on any atom is -0.481 e. The molecule has 1 N–H and O–H groups in total. The van der Waals surface area contributed by atoms with E-state index in [0.717, 1.165) is 0 Å². The predicted molar refractivity (Wildman–Crippen MR) is 51.6 cm³/mol. The minimum absolute atomic E-state index is 0.00397. The second-order valence-corrected chi connectivity index (χ2v) is 3.52. The summed E-state index contributed by atoms with van der Waals surface area (Å²) in [5.41, 5.74) is 0. The summed E-state index contributed by atoms with van der Waals surface area (Å²) < 4.78 is 0. The van der Waals surface area contributed by atoms with Crippen molar-refractivity contribution in [3.8, 4) is 0 Å². The SMILES string of the molecule is CCn1nnc(N2C[C@@H](C(=O)O)CC2=O)n1. The number of nitrogens with zero attached hydrogens (tertiary/aromatic N) is 5. The molecular formula is C8H11N5O3. The van der Waals surface area contributed by atoms with E-state index in [2.05, 4.69) is 15.4 Å². The van der Waals surface area contributed by atoms with Crippen LogP contribution in [-0.4, -0.2) is 43.7 Å². The topological polar surface area (TPSA) is 101 Å². The number of aryl methyl sites for hydroxylation is 1. The van der Waals surface area contributed by atoms with E-state index in [-0.39, 0.29) is 24.8 Å². The minimum atomic E-state index is -0.973. The fourth-order valence-corrected chi connectivity index (χ4v) is 1.54. The molecule has 0 radical (unpaired) electrons. The van der Waals surface area contributed by atoms with Gasteiger partial charge in [0.15, 0.2) is 0 Å². The largest absolute Gasteiger partial charge is 0.481 e.